The van der Waals surface area contributed by atoms with Gasteiger partial charge in [0.2, 0.25) is 5.78 Å². The second-order valence-electron chi connectivity index (χ2n) is 9.37. The summed E-state index contributed by atoms with van der Waals surface area (Å²) < 4.78 is 9.27. The highest BCUT2D eigenvalue weighted by molar-refractivity contribution is 6.03. The van der Waals surface area contributed by atoms with Crippen LogP contribution in [0, 0.1) is 0 Å². The summed E-state index contributed by atoms with van der Waals surface area (Å²) >= 11 is 0. The Labute approximate surface area is 177 Å². The molecule has 1 saturated heterocycles. The van der Waals surface area contributed by atoms with Gasteiger partial charge >= 0.3 is 0 Å². The Balaban J connectivity index is 1.33. The lowest BCUT2D eigenvalue weighted by molar-refractivity contribution is -0.00627. The van der Waals surface area contributed by atoms with Gasteiger partial charge in [-0.25, -0.2) is 4.98 Å². The van der Waals surface area contributed by atoms with Gasteiger partial charge in [0, 0.05) is 30.0 Å². The van der Waals surface area contributed by atoms with Gasteiger partial charge in [0.1, 0.15) is 11.3 Å². The number of fused-ring (bicyclic) bond motifs is 3. The molecule has 6 rings (SSSR count). The molecule has 0 radical (unpaired) electrons. The Morgan fingerprint density at radius 2 is 2.13 bits per heavy atom. The van der Waals surface area contributed by atoms with E-state index in [1.165, 1.54) is 6.20 Å². The van der Waals surface area contributed by atoms with E-state index in [0.717, 1.165) is 37.8 Å². The molecule has 2 atom stereocenters. The zero-order valence-electron chi connectivity index (χ0n) is 17.2. The van der Waals surface area contributed by atoms with E-state index in [1.54, 1.807) is 27.3 Å². The highest BCUT2D eigenvalue weighted by Crippen LogP contribution is 2.53. The number of rotatable bonds is 4. The van der Waals surface area contributed by atoms with E-state index in [0.29, 0.717) is 12.4 Å². The third-order valence-corrected chi connectivity index (χ3v) is 6.96. The van der Waals surface area contributed by atoms with Crippen molar-refractivity contribution in [3.05, 3.63) is 62.7 Å². The minimum Gasteiger partial charge on any atom is -0.374 e. The van der Waals surface area contributed by atoms with Crippen LogP contribution in [-0.4, -0.2) is 37.1 Å². The third-order valence-electron chi connectivity index (χ3n) is 6.96. The standard InChI is InChI=1S/C22H23N5O4/c1-21-6-7-22(11-21,12-31-21)16-10-26-9-14(18(29)25-20(26)24-16)17(28)23-15-3-2-8-27(19(15)30)13-4-5-13/h2-3,8-10,13H,4-7,11-12H2,1H3,(H,23,28)(H,24,25,29). The summed E-state index contributed by atoms with van der Waals surface area (Å²) in [5.74, 6) is -0.234. The van der Waals surface area contributed by atoms with Gasteiger partial charge in [-0.3, -0.25) is 23.8 Å². The number of carbonyl (C=O) groups excluding carboxylic acids is 1. The van der Waals surface area contributed by atoms with Gasteiger partial charge in [0.05, 0.1) is 17.9 Å². The molecule has 3 aromatic rings. The van der Waals surface area contributed by atoms with Crippen molar-refractivity contribution in [2.45, 2.75) is 56.1 Å². The maximum atomic E-state index is 12.8. The third kappa shape index (κ3) is 2.87. The highest BCUT2D eigenvalue weighted by atomic mass is 16.5. The number of hydrogen-bond acceptors (Lipinski definition) is 5. The fourth-order valence-corrected chi connectivity index (χ4v) is 5.05. The minimum absolute atomic E-state index is 0.0749. The van der Waals surface area contributed by atoms with Gasteiger partial charge in [-0.2, -0.15) is 0 Å². The van der Waals surface area contributed by atoms with Crippen molar-refractivity contribution >= 4 is 17.4 Å². The second kappa shape index (κ2) is 6.16. The van der Waals surface area contributed by atoms with Crippen LogP contribution in [0.4, 0.5) is 5.69 Å². The summed E-state index contributed by atoms with van der Waals surface area (Å²) in [6.45, 7) is 2.74. The average Bonchev–Trinajstić information content (AvgIpc) is 3.27. The van der Waals surface area contributed by atoms with Crippen LogP contribution in [-0.2, 0) is 10.2 Å². The normalized spacial score (nSPS) is 27.1. The maximum Gasteiger partial charge on any atom is 0.274 e. The van der Waals surface area contributed by atoms with E-state index in [2.05, 4.69) is 22.2 Å². The van der Waals surface area contributed by atoms with Gasteiger partial charge < -0.3 is 14.6 Å². The van der Waals surface area contributed by atoms with E-state index < -0.39 is 11.5 Å². The van der Waals surface area contributed by atoms with Crippen LogP contribution in [0.15, 0.2) is 40.3 Å². The van der Waals surface area contributed by atoms with Crippen LogP contribution < -0.4 is 16.4 Å². The number of nitrogens with one attached hydrogen (secondary N) is 2. The van der Waals surface area contributed by atoms with Crippen molar-refractivity contribution in [2.75, 3.05) is 11.9 Å². The molecule has 2 N–H and O–H groups in total. The zero-order valence-corrected chi connectivity index (χ0v) is 17.2. The van der Waals surface area contributed by atoms with Crippen molar-refractivity contribution < 1.29 is 9.53 Å². The molecule has 3 fully saturated rings. The SMILES string of the molecule is CC12CCC(c3cn4cc(C(=O)Nc5cccn(C6CC6)c5=O)c(=O)[nH]c4n3)(CO1)C2. The molecule has 160 valence electrons. The van der Waals surface area contributed by atoms with E-state index in [4.69, 9.17) is 4.74 Å². The molecular formula is C22H23N5O4. The Morgan fingerprint density at radius 1 is 1.29 bits per heavy atom. The highest BCUT2D eigenvalue weighted by Gasteiger charge is 2.55. The number of amides is 1. The number of carbonyl (C=O) groups is 1. The molecule has 1 aliphatic heterocycles. The fourth-order valence-electron chi connectivity index (χ4n) is 5.05. The molecular weight excluding hydrogens is 398 g/mol. The molecule has 2 bridgehead atoms. The fraction of sp³-hybridized carbons (Fsp3) is 0.455. The Hall–Kier alpha value is -3.20. The molecule has 1 amide bonds. The predicted molar refractivity (Wildman–Crippen MR) is 113 cm³/mol. The first-order valence-electron chi connectivity index (χ1n) is 10.6. The molecule has 2 unspecified atom stereocenters. The van der Waals surface area contributed by atoms with E-state index in [-0.39, 0.29) is 33.9 Å². The minimum atomic E-state index is -0.625. The number of ether oxygens (including phenoxy) is 1. The smallest absolute Gasteiger partial charge is 0.274 e. The quantitative estimate of drug-likeness (QED) is 0.669. The lowest BCUT2D eigenvalue weighted by atomic mass is 9.84. The monoisotopic (exact) mass is 421 g/mol. The number of aromatic nitrogens is 4. The molecule has 31 heavy (non-hydrogen) atoms. The molecule has 3 aromatic heterocycles. The van der Waals surface area contributed by atoms with Crippen molar-refractivity contribution in [1.29, 1.82) is 0 Å². The van der Waals surface area contributed by atoms with Crippen molar-refractivity contribution in [2.24, 2.45) is 0 Å². The molecule has 0 aromatic carbocycles. The first-order valence-corrected chi connectivity index (χ1v) is 10.6. The summed E-state index contributed by atoms with van der Waals surface area (Å²) in [7, 11) is 0. The zero-order chi connectivity index (χ0) is 21.4. The first kappa shape index (κ1) is 18.6. The van der Waals surface area contributed by atoms with Crippen molar-refractivity contribution in [1.82, 2.24) is 18.9 Å². The number of anilines is 1. The number of aromatic amines is 1. The average molecular weight is 421 g/mol. The van der Waals surface area contributed by atoms with Crippen LogP contribution in [0.1, 0.15) is 61.1 Å². The molecule has 9 nitrogen and oxygen atoms in total. The first-order chi connectivity index (χ1) is 14.9. The van der Waals surface area contributed by atoms with Crippen LogP contribution >= 0.6 is 0 Å². The lowest BCUT2D eigenvalue weighted by Gasteiger charge is -2.24. The number of pyridine rings is 1. The Morgan fingerprint density at radius 3 is 2.81 bits per heavy atom. The lowest BCUT2D eigenvalue weighted by Crippen LogP contribution is -2.28. The van der Waals surface area contributed by atoms with Crippen LogP contribution in [0.5, 0.6) is 0 Å². The predicted octanol–water partition coefficient (Wildman–Crippen LogP) is 1.98. The largest absolute Gasteiger partial charge is 0.374 e. The van der Waals surface area contributed by atoms with Crippen LogP contribution in [0.2, 0.25) is 0 Å². The Bertz CT molecular complexity index is 1340. The van der Waals surface area contributed by atoms with Crippen LogP contribution in [0.3, 0.4) is 0 Å². The molecule has 0 spiro atoms. The number of imidazole rings is 1. The number of hydrogen-bond donors (Lipinski definition) is 2. The van der Waals surface area contributed by atoms with E-state index >= 15 is 0 Å². The van der Waals surface area contributed by atoms with E-state index in [9.17, 15) is 14.4 Å². The van der Waals surface area contributed by atoms with Crippen molar-refractivity contribution in [3.8, 4) is 0 Å². The molecule has 3 aliphatic rings. The van der Waals surface area contributed by atoms with Gasteiger partial charge in [-0.05, 0) is 51.2 Å². The summed E-state index contributed by atoms with van der Waals surface area (Å²) in [6.07, 6.45) is 9.87. The van der Waals surface area contributed by atoms with Crippen LogP contribution in [0.25, 0.3) is 5.78 Å². The van der Waals surface area contributed by atoms with Crippen molar-refractivity contribution in [3.63, 3.8) is 0 Å². The van der Waals surface area contributed by atoms with E-state index in [1.807, 2.05) is 6.20 Å². The van der Waals surface area contributed by atoms with Gasteiger partial charge in [0.15, 0.2) is 0 Å². The topological polar surface area (TPSA) is 110 Å². The van der Waals surface area contributed by atoms with Gasteiger partial charge in [0.25, 0.3) is 17.0 Å². The number of nitrogens with zero attached hydrogens (tertiary/aromatic N) is 3. The van der Waals surface area contributed by atoms with Gasteiger partial charge in [-0.15, -0.1) is 0 Å². The second-order valence-corrected chi connectivity index (χ2v) is 9.37. The molecule has 9 heteroatoms. The summed E-state index contributed by atoms with van der Waals surface area (Å²) in [5.41, 5.74) is -0.0821. The summed E-state index contributed by atoms with van der Waals surface area (Å²) in [5, 5.41) is 2.60. The molecule has 2 saturated carbocycles. The van der Waals surface area contributed by atoms with Gasteiger partial charge in [-0.1, -0.05) is 0 Å². The Kier molecular flexibility index (Phi) is 3.69. The maximum absolute atomic E-state index is 12.8. The summed E-state index contributed by atoms with van der Waals surface area (Å²) in [4.78, 5) is 45.4. The number of H-pyrrole nitrogens is 1. The summed E-state index contributed by atoms with van der Waals surface area (Å²) in [6, 6.07) is 3.48. The molecule has 4 heterocycles. The molecule has 2 aliphatic carbocycles.